The van der Waals surface area contributed by atoms with Crippen molar-refractivity contribution in [3.05, 3.63) is 41.6 Å². The molecule has 144 valence electrons. The lowest BCUT2D eigenvalue weighted by molar-refractivity contribution is -0.140. The molecule has 1 saturated heterocycles. The Morgan fingerprint density at radius 3 is 2.07 bits per heavy atom. The summed E-state index contributed by atoms with van der Waals surface area (Å²) in [4.78, 5) is 30.8. The summed E-state index contributed by atoms with van der Waals surface area (Å²) in [6.45, 7) is 4.00. The molecule has 0 unspecified atom stereocenters. The molecule has 1 aromatic rings. The topological polar surface area (TPSA) is 40.6 Å². The Morgan fingerprint density at radius 1 is 0.815 bits per heavy atom. The first kappa shape index (κ1) is 18.3. The number of hydrogen-bond acceptors (Lipinski definition) is 3. The number of amides is 2. The van der Waals surface area contributed by atoms with Crippen LogP contribution in [-0.4, -0.2) is 40.7 Å². The number of nitrogens with zero attached hydrogens (tertiary/aromatic N) is 2. The number of rotatable bonds is 3. The lowest BCUT2D eigenvalue weighted by atomic mass is 9.97. The second-order valence-electron chi connectivity index (χ2n) is 8.38. The zero-order chi connectivity index (χ0) is 18.8. The second-order valence-corrected chi connectivity index (χ2v) is 8.38. The van der Waals surface area contributed by atoms with E-state index in [4.69, 9.17) is 0 Å². The highest BCUT2D eigenvalue weighted by Gasteiger charge is 2.44. The standard InChI is InChI=1S/C23H30N2O2/c1-17-13-15-24(16-14-17)21-20(18-9-5-4-6-10-18)22(26)25(23(21)27)19-11-7-2-3-8-12-19/h4-6,9-10,17,19H,2-3,7-8,11-16H2,1H3. The van der Waals surface area contributed by atoms with Crippen LogP contribution < -0.4 is 0 Å². The van der Waals surface area contributed by atoms with Gasteiger partial charge in [0.2, 0.25) is 0 Å². The van der Waals surface area contributed by atoms with Gasteiger partial charge in [0.15, 0.2) is 0 Å². The van der Waals surface area contributed by atoms with Crippen molar-refractivity contribution in [2.24, 2.45) is 5.92 Å². The molecule has 2 heterocycles. The van der Waals surface area contributed by atoms with E-state index in [-0.39, 0.29) is 17.9 Å². The minimum Gasteiger partial charge on any atom is -0.366 e. The molecule has 4 rings (SSSR count). The van der Waals surface area contributed by atoms with E-state index in [0.717, 1.165) is 57.2 Å². The van der Waals surface area contributed by atoms with E-state index in [1.54, 1.807) is 4.90 Å². The number of benzene rings is 1. The maximum atomic E-state index is 13.5. The molecule has 27 heavy (non-hydrogen) atoms. The Bertz CT molecular complexity index is 724. The van der Waals surface area contributed by atoms with Gasteiger partial charge in [-0.15, -0.1) is 0 Å². The molecule has 2 fully saturated rings. The van der Waals surface area contributed by atoms with Crippen LogP contribution in [0.25, 0.3) is 5.57 Å². The van der Waals surface area contributed by atoms with Gasteiger partial charge in [0.1, 0.15) is 5.70 Å². The van der Waals surface area contributed by atoms with Crippen molar-refractivity contribution < 1.29 is 9.59 Å². The first-order valence-electron chi connectivity index (χ1n) is 10.6. The molecular weight excluding hydrogens is 336 g/mol. The van der Waals surface area contributed by atoms with Crippen LogP contribution in [0.1, 0.15) is 63.9 Å². The third kappa shape index (κ3) is 3.54. The van der Waals surface area contributed by atoms with Crippen LogP contribution in [0.3, 0.4) is 0 Å². The molecule has 0 N–H and O–H groups in total. The number of likely N-dealkylation sites (tertiary alicyclic amines) is 1. The van der Waals surface area contributed by atoms with Crippen molar-refractivity contribution >= 4 is 17.4 Å². The summed E-state index contributed by atoms with van der Waals surface area (Å²) in [5.74, 6) is 0.555. The smallest absolute Gasteiger partial charge is 0.278 e. The van der Waals surface area contributed by atoms with E-state index in [1.165, 1.54) is 12.8 Å². The quantitative estimate of drug-likeness (QED) is 0.594. The molecule has 2 aliphatic heterocycles. The van der Waals surface area contributed by atoms with Crippen LogP contribution >= 0.6 is 0 Å². The van der Waals surface area contributed by atoms with Gasteiger partial charge in [-0.1, -0.05) is 62.9 Å². The first-order valence-corrected chi connectivity index (χ1v) is 10.6. The number of piperidine rings is 1. The highest BCUT2D eigenvalue weighted by atomic mass is 16.2. The van der Waals surface area contributed by atoms with Crippen LogP contribution in [0.15, 0.2) is 36.0 Å². The molecule has 0 bridgehead atoms. The van der Waals surface area contributed by atoms with Crippen molar-refractivity contribution in [1.29, 1.82) is 0 Å². The van der Waals surface area contributed by atoms with Gasteiger partial charge in [-0.25, -0.2) is 0 Å². The average Bonchev–Trinajstić information content (AvgIpc) is 2.85. The monoisotopic (exact) mass is 366 g/mol. The lowest BCUT2D eigenvalue weighted by Gasteiger charge is -2.33. The van der Waals surface area contributed by atoms with Crippen LogP contribution in [0.5, 0.6) is 0 Å². The largest absolute Gasteiger partial charge is 0.366 e. The van der Waals surface area contributed by atoms with E-state index in [2.05, 4.69) is 11.8 Å². The third-order valence-corrected chi connectivity index (χ3v) is 6.44. The average molecular weight is 367 g/mol. The van der Waals surface area contributed by atoms with Crippen molar-refractivity contribution in [3.8, 4) is 0 Å². The Morgan fingerprint density at radius 2 is 1.44 bits per heavy atom. The van der Waals surface area contributed by atoms with Gasteiger partial charge in [-0.3, -0.25) is 14.5 Å². The van der Waals surface area contributed by atoms with Crippen LogP contribution in [-0.2, 0) is 9.59 Å². The molecule has 1 aromatic carbocycles. The third-order valence-electron chi connectivity index (χ3n) is 6.44. The molecule has 1 aliphatic carbocycles. The molecule has 2 amide bonds. The van der Waals surface area contributed by atoms with E-state index >= 15 is 0 Å². The molecule has 0 radical (unpaired) electrons. The molecule has 3 aliphatic rings. The molecule has 4 nitrogen and oxygen atoms in total. The second kappa shape index (κ2) is 7.87. The number of carbonyl (C=O) groups is 2. The van der Waals surface area contributed by atoms with Crippen molar-refractivity contribution in [2.45, 2.75) is 64.3 Å². The van der Waals surface area contributed by atoms with E-state index in [9.17, 15) is 9.59 Å². The summed E-state index contributed by atoms with van der Waals surface area (Å²) in [6, 6.07) is 9.84. The summed E-state index contributed by atoms with van der Waals surface area (Å²) in [5, 5.41) is 0. The van der Waals surface area contributed by atoms with Gasteiger partial charge >= 0.3 is 0 Å². The van der Waals surface area contributed by atoms with Crippen molar-refractivity contribution in [1.82, 2.24) is 9.80 Å². The Hall–Kier alpha value is -2.10. The van der Waals surface area contributed by atoms with Gasteiger partial charge in [0.25, 0.3) is 11.8 Å². The molecule has 4 heteroatoms. The van der Waals surface area contributed by atoms with Crippen LogP contribution in [0, 0.1) is 5.92 Å². The zero-order valence-electron chi connectivity index (χ0n) is 16.3. The fraction of sp³-hybridized carbons (Fsp3) is 0.565. The summed E-state index contributed by atoms with van der Waals surface area (Å²) < 4.78 is 0. The summed E-state index contributed by atoms with van der Waals surface area (Å²) in [7, 11) is 0. The Kier molecular flexibility index (Phi) is 5.33. The van der Waals surface area contributed by atoms with E-state index in [1.807, 2.05) is 30.3 Å². The first-order chi connectivity index (χ1) is 13.2. The summed E-state index contributed by atoms with van der Waals surface area (Å²) >= 11 is 0. The maximum absolute atomic E-state index is 13.5. The summed E-state index contributed by atoms with van der Waals surface area (Å²) in [5.41, 5.74) is 2.15. The normalized spacial score (nSPS) is 23.3. The van der Waals surface area contributed by atoms with Gasteiger partial charge < -0.3 is 4.90 Å². The Balaban J connectivity index is 1.71. The molecule has 1 saturated carbocycles. The highest BCUT2D eigenvalue weighted by molar-refractivity contribution is 6.35. The highest BCUT2D eigenvalue weighted by Crippen LogP contribution is 2.37. The van der Waals surface area contributed by atoms with Crippen LogP contribution in [0.4, 0.5) is 0 Å². The van der Waals surface area contributed by atoms with Gasteiger partial charge in [-0.2, -0.15) is 0 Å². The minimum absolute atomic E-state index is 0.0553. The fourth-order valence-electron chi connectivity index (χ4n) is 4.77. The molecular formula is C23H30N2O2. The predicted octanol–water partition coefficient (Wildman–Crippen LogP) is 4.22. The van der Waals surface area contributed by atoms with Crippen LogP contribution in [0.2, 0.25) is 0 Å². The van der Waals surface area contributed by atoms with Gasteiger partial charge in [-0.05, 0) is 37.2 Å². The summed E-state index contributed by atoms with van der Waals surface area (Å²) in [6.07, 6.45) is 8.70. The molecule has 0 spiro atoms. The maximum Gasteiger partial charge on any atom is 0.278 e. The van der Waals surface area contributed by atoms with Gasteiger partial charge in [0, 0.05) is 19.1 Å². The van der Waals surface area contributed by atoms with Crippen molar-refractivity contribution in [3.63, 3.8) is 0 Å². The minimum atomic E-state index is -0.0771. The molecule has 0 aromatic heterocycles. The van der Waals surface area contributed by atoms with Crippen molar-refractivity contribution in [2.75, 3.05) is 13.1 Å². The SMILES string of the molecule is CC1CCN(C2=C(c3ccccc3)C(=O)N(C3CCCCCC3)C2=O)CC1. The number of carbonyl (C=O) groups excluding carboxylic acids is 2. The zero-order valence-corrected chi connectivity index (χ0v) is 16.3. The predicted molar refractivity (Wildman–Crippen MR) is 107 cm³/mol. The number of hydrogen-bond donors (Lipinski definition) is 0. The van der Waals surface area contributed by atoms with Gasteiger partial charge in [0.05, 0.1) is 5.57 Å². The lowest BCUT2D eigenvalue weighted by Crippen LogP contribution is -2.43. The fourth-order valence-corrected chi connectivity index (χ4v) is 4.77. The molecule has 0 atom stereocenters. The Labute approximate surface area is 162 Å². The van der Waals surface area contributed by atoms with E-state index in [0.29, 0.717) is 17.2 Å². The van der Waals surface area contributed by atoms with E-state index < -0.39 is 0 Å². The number of imide groups is 1.